The van der Waals surface area contributed by atoms with Crippen LogP contribution in [0.15, 0.2) is 12.1 Å². The van der Waals surface area contributed by atoms with E-state index < -0.39 is 0 Å². The first kappa shape index (κ1) is 15.1. The molecule has 0 fully saturated rings. The molecule has 4 heteroatoms. The van der Waals surface area contributed by atoms with Crippen molar-refractivity contribution in [2.24, 2.45) is 5.73 Å². The fourth-order valence-electron chi connectivity index (χ4n) is 2.84. The third kappa shape index (κ3) is 3.25. The lowest BCUT2D eigenvalue weighted by Crippen LogP contribution is -2.28. The number of hydrogen-bond acceptors (Lipinski definition) is 2. The van der Waals surface area contributed by atoms with Gasteiger partial charge < -0.3 is 5.73 Å². The van der Waals surface area contributed by atoms with Gasteiger partial charge in [-0.15, -0.1) is 0 Å². The van der Waals surface area contributed by atoms with Gasteiger partial charge >= 0.3 is 0 Å². The summed E-state index contributed by atoms with van der Waals surface area (Å²) in [5.41, 5.74) is 8.36. The van der Waals surface area contributed by atoms with Gasteiger partial charge in [0, 0.05) is 19.1 Å². The van der Waals surface area contributed by atoms with Gasteiger partial charge in [0.05, 0.1) is 10.0 Å². The molecule has 0 radical (unpaired) electrons. The van der Waals surface area contributed by atoms with Crippen molar-refractivity contribution >= 4 is 23.2 Å². The molecule has 0 aromatic heterocycles. The second kappa shape index (κ2) is 6.94. The Balaban J connectivity index is 2.07. The van der Waals surface area contributed by atoms with E-state index in [9.17, 15) is 0 Å². The van der Waals surface area contributed by atoms with Crippen molar-refractivity contribution in [3.05, 3.63) is 33.3 Å². The molecular weight excluding hydrogens is 279 g/mol. The first-order valence-electron chi connectivity index (χ1n) is 7.10. The third-order valence-corrected chi connectivity index (χ3v) is 4.76. The Hall–Kier alpha value is -0.280. The molecule has 1 aliphatic rings. The Morgan fingerprint density at radius 1 is 1.26 bits per heavy atom. The first-order valence-corrected chi connectivity index (χ1v) is 7.85. The number of benzene rings is 1. The molecule has 1 aromatic carbocycles. The van der Waals surface area contributed by atoms with E-state index in [2.05, 4.69) is 17.9 Å². The van der Waals surface area contributed by atoms with Crippen molar-refractivity contribution in [1.29, 1.82) is 0 Å². The normalized spacial score (nSPS) is 18.8. The highest BCUT2D eigenvalue weighted by Gasteiger charge is 2.30. The van der Waals surface area contributed by atoms with Gasteiger partial charge in [-0.05, 0) is 30.2 Å². The largest absolute Gasteiger partial charge is 0.329 e. The molecule has 0 spiro atoms. The summed E-state index contributed by atoms with van der Waals surface area (Å²) in [5, 5.41) is 1.35. The van der Waals surface area contributed by atoms with Crippen molar-refractivity contribution in [3.8, 4) is 0 Å². The number of nitrogens with two attached hydrogens (primary N) is 1. The Bertz CT molecular complexity index is 434. The van der Waals surface area contributed by atoms with Gasteiger partial charge in [0.2, 0.25) is 0 Å². The molecule has 106 valence electrons. The topological polar surface area (TPSA) is 29.3 Å². The molecule has 0 bridgehead atoms. The highest BCUT2D eigenvalue weighted by Crippen LogP contribution is 2.40. The minimum atomic E-state index is 0.298. The van der Waals surface area contributed by atoms with Gasteiger partial charge in [0.15, 0.2) is 0 Å². The standard InChI is InChI=1S/C15H22Cl2N2/c1-2-3-4-5-8-19-10-12-11(14(19)9-18)6-7-13(16)15(12)17/h6-7,14H,2-5,8-10,18H2,1H3. The minimum absolute atomic E-state index is 0.298. The van der Waals surface area contributed by atoms with E-state index in [0.29, 0.717) is 22.6 Å². The number of nitrogens with zero attached hydrogens (tertiary/aromatic N) is 1. The summed E-state index contributed by atoms with van der Waals surface area (Å²) in [6, 6.07) is 4.26. The Labute approximate surface area is 125 Å². The van der Waals surface area contributed by atoms with Crippen molar-refractivity contribution in [2.75, 3.05) is 13.1 Å². The Morgan fingerprint density at radius 2 is 2.05 bits per heavy atom. The molecule has 1 unspecified atom stereocenters. The van der Waals surface area contributed by atoms with Crippen molar-refractivity contribution in [2.45, 2.75) is 45.2 Å². The molecule has 0 amide bonds. The van der Waals surface area contributed by atoms with E-state index in [-0.39, 0.29) is 0 Å². The van der Waals surface area contributed by atoms with Crippen LogP contribution in [0.4, 0.5) is 0 Å². The van der Waals surface area contributed by atoms with Crippen LogP contribution in [-0.4, -0.2) is 18.0 Å². The van der Waals surface area contributed by atoms with E-state index in [4.69, 9.17) is 28.9 Å². The molecule has 19 heavy (non-hydrogen) atoms. The van der Waals surface area contributed by atoms with E-state index in [1.807, 2.05) is 6.07 Å². The summed E-state index contributed by atoms with van der Waals surface area (Å²) >= 11 is 12.4. The highest BCUT2D eigenvalue weighted by molar-refractivity contribution is 6.42. The maximum atomic E-state index is 6.31. The smallest absolute Gasteiger partial charge is 0.0640 e. The molecule has 2 nitrogen and oxygen atoms in total. The lowest BCUT2D eigenvalue weighted by molar-refractivity contribution is 0.215. The molecule has 2 rings (SSSR count). The fraction of sp³-hybridized carbons (Fsp3) is 0.600. The van der Waals surface area contributed by atoms with Gasteiger partial charge in [-0.25, -0.2) is 0 Å². The van der Waals surface area contributed by atoms with Crippen LogP contribution in [0.25, 0.3) is 0 Å². The summed E-state index contributed by atoms with van der Waals surface area (Å²) in [5.74, 6) is 0. The van der Waals surface area contributed by atoms with Crippen LogP contribution in [-0.2, 0) is 6.54 Å². The quantitative estimate of drug-likeness (QED) is 0.790. The minimum Gasteiger partial charge on any atom is -0.329 e. The zero-order valence-corrected chi connectivity index (χ0v) is 13.0. The second-order valence-electron chi connectivity index (χ2n) is 5.21. The summed E-state index contributed by atoms with van der Waals surface area (Å²) in [6.07, 6.45) is 5.08. The van der Waals surface area contributed by atoms with Crippen LogP contribution in [0, 0.1) is 0 Å². The number of hydrogen-bond donors (Lipinski definition) is 1. The van der Waals surface area contributed by atoms with E-state index >= 15 is 0 Å². The van der Waals surface area contributed by atoms with Crippen LogP contribution in [0.5, 0.6) is 0 Å². The Morgan fingerprint density at radius 3 is 2.74 bits per heavy atom. The molecule has 0 saturated carbocycles. The predicted octanol–water partition coefficient (Wildman–Crippen LogP) is 4.39. The number of fused-ring (bicyclic) bond motifs is 1. The predicted molar refractivity (Wildman–Crippen MR) is 82.8 cm³/mol. The highest BCUT2D eigenvalue weighted by atomic mass is 35.5. The maximum absolute atomic E-state index is 6.31. The molecule has 0 aliphatic carbocycles. The van der Waals surface area contributed by atoms with Crippen molar-refractivity contribution in [1.82, 2.24) is 4.90 Å². The molecular formula is C15H22Cl2N2. The molecule has 1 atom stereocenters. The summed E-state index contributed by atoms with van der Waals surface area (Å²) in [6.45, 7) is 4.84. The average molecular weight is 301 g/mol. The van der Waals surface area contributed by atoms with Crippen LogP contribution in [0.1, 0.15) is 49.8 Å². The number of rotatable bonds is 6. The van der Waals surface area contributed by atoms with Gasteiger partial charge in [-0.1, -0.05) is 55.5 Å². The van der Waals surface area contributed by atoms with Crippen molar-refractivity contribution < 1.29 is 0 Å². The lowest BCUT2D eigenvalue weighted by atomic mass is 10.0. The van der Waals surface area contributed by atoms with E-state index in [1.165, 1.54) is 36.8 Å². The lowest BCUT2D eigenvalue weighted by Gasteiger charge is -2.23. The van der Waals surface area contributed by atoms with Gasteiger partial charge in [0.1, 0.15) is 0 Å². The molecule has 1 aromatic rings. The van der Waals surface area contributed by atoms with Gasteiger partial charge in [-0.3, -0.25) is 4.90 Å². The van der Waals surface area contributed by atoms with E-state index in [0.717, 1.165) is 13.1 Å². The van der Waals surface area contributed by atoms with Gasteiger partial charge in [0.25, 0.3) is 0 Å². The average Bonchev–Trinajstić information content (AvgIpc) is 2.77. The van der Waals surface area contributed by atoms with Crippen LogP contribution >= 0.6 is 23.2 Å². The Kier molecular flexibility index (Phi) is 5.52. The van der Waals surface area contributed by atoms with Crippen LogP contribution in [0.3, 0.4) is 0 Å². The summed E-state index contributed by atoms with van der Waals surface area (Å²) in [7, 11) is 0. The SMILES string of the molecule is CCCCCCN1Cc2c(ccc(Cl)c2Cl)C1CN. The van der Waals surface area contributed by atoms with Gasteiger partial charge in [-0.2, -0.15) is 0 Å². The number of halogens is 2. The zero-order chi connectivity index (χ0) is 13.8. The molecule has 0 saturated heterocycles. The third-order valence-electron chi connectivity index (χ3n) is 3.92. The van der Waals surface area contributed by atoms with Crippen LogP contribution < -0.4 is 5.73 Å². The molecule has 1 heterocycles. The molecule has 2 N–H and O–H groups in total. The van der Waals surface area contributed by atoms with Crippen molar-refractivity contribution in [3.63, 3.8) is 0 Å². The number of unbranched alkanes of at least 4 members (excludes halogenated alkanes) is 3. The summed E-state index contributed by atoms with van der Waals surface area (Å²) in [4.78, 5) is 2.43. The second-order valence-corrected chi connectivity index (χ2v) is 6.00. The van der Waals surface area contributed by atoms with Crippen LogP contribution in [0.2, 0.25) is 10.0 Å². The summed E-state index contributed by atoms with van der Waals surface area (Å²) < 4.78 is 0. The molecule has 1 aliphatic heterocycles. The first-order chi connectivity index (χ1) is 9.19. The monoisotopic (exact) mass is 300 g/mol. The fourth-order valence-corrected chi connectivity index (χ4v) is 3.25. The zero-order valence-electron chi connectivity index (χ0n) is 11.5. The van der Waals surface area contributed by atoms with E-state index in [1.54, 1.807) is 0 Å². The maximum Gasteiger partial charge on any atom is 0.0640 e.